The normalized spacial score (nSPS) is 14.7. The Balaban J connectivity index is 1.66. The van der Waals surface area contributed by atoms with E-state index >= 15 is 0 Å². The number of hydrogen-bond acceptors (Lipinski definition) is 6. The fourth-order valence-corrected chi connectivity index (χ4v) is 3.48. The van der Waals surface area contributed by atoms with Crippen LogP contribution in [0, 0.1) is 0 Å². The molecule has 0 atom stereocenters. The molecule has 0 aliphatic carbocycles. The first-order valence-corrected chi connectivity index (χ1v) is 8.72. The number of nitrogens with zero attached hydrogens (tertiary/aromatic N) is 3. The third-order valence-corrected chi connectivity index (χ3v) is 4.69. The number of ether oxygens (including phenoxy) is 1. The highest BCUT2D eigenvalue weighted by Gasteiger charge is 2.20. The average Bonchev–Trinajstić information content (AvgIpc) is 3.01. The molecule has 0 radical (unpaired) electrons. The van der Waals surface area contributed by atoms with Gasteiger partial charge >= 0.3 is 0 Å². The molecule has 2 aromatic heterocycles. The second-order valence-electron chi connectivity index (χ2n) is 5.76. The van der Waals surface area contributed by atoms with Gasteiger partial charge in [0.05, 0.1) is 11.2 Å². The molecule has 0 amide bonds. The number of rotatable bonds is 3. The number of thiazole rings is 1. The van der Waals surface area contributed by atoms with Crippen molar-refractivity contribution >= 4 is 11.3 Å². The SMILES string of the molecule is Oc1cc(-c2cccnc2)cc2c1OCCN(Cc1cscn1)C2. The molecule has 0 spiro atoms. The highest BCUT2D eigenvalue weighted by molar-refractivity contribution is 7.07. The number of aromatic hydroxyl groups is 1. The van der Waals surface area contributed by atoms with Crippen molar-refractivity contribution in [3.63, 3.8) is 0 Å². The van der Waals surface area contributed by atoms with E-state index in [2.05, 4.69) is 26.3 Å². The lowest BCUT2D eigenvalue weighted by Crippen LogP contribution is -2.25. The Labute approximate surface area is 144 Å². The van der Waals surface area contributed by atoms with Crippen LogP contribution in [0.4, 0.5) is 0 Å². The molecule has 0 bridgehead atoms. The molecule has 122 valence electrons. The lowest BCUT2D eigenvalue weighted by atomic mass is 10.0. The Morgan fingerprint density at radius 2 is 2.25 bits per heavy atom. The number of phenols is 1. The van der Waals surface area contributed by atoms with E-state index in [1.165, 1.54) is 0 Å². The Kier molecular flexibility index (Phi) is 4.15. The predicted octanol–water partition coefficient (Wildman–Crippen LogP) is 3.31. The van der Waals surface area contributed by atoms with Crippen LogP contribution in [0.25, 0.3) is 11.1 Å². The van der Waals surface area contributed by atoms with Crippen molar-refractivity contribution in [2.75, 3.05) is 13.2 Å². The average molecular weight is 339 g/mol. The number of pyridine rings is 1. The van der Waals surface area contributed by atoms with Crippen LogP contribution >= 0.6 is 11.3 Å². The van der Waals surface area contributed by atoms with Crippen LogP contribution in [-0.2, 0) is 13.1 Å². The van der Waals surface area contributed by atoms with Crippen LogP contribution in [-0.4, -0.2) is 33.1 Å². The molecule has 4 rings (SSSR count). The number of benzene rings is 1. The lowest BCUT2D eigenvalue weighted by Gasteiger charge is -2.18. The van der Waals surface area contributed by atoms with Crippen molar-refractivity contribution in [1.82, 2.24) is 14.9 Å². The summed E-state index contributed by atoms with van der Waals surface area (Å²) < 4.78 is 5.79. The zero-order valence-electron chi connectivity index (χ0n) is 13.1. The van der Waals surface area contributed by atoms with Crippen LogP contribution in [0.2, 0.25) is 0 Å². The van der Waals surface area contributed by atoms with Gasteiger partial charge in [-0.1, -0.05) is 6.07 Å². The Bertz CT molecular complexity index is 822. The molecule has 3 aromatic rings. The summed E-state index contributed by atoms with van der Waals surface area (Å²) in [6.07, 6.45) is 3.54. The molecular weight excluding hydrogens is 322 g/mol. The first-order chi connectivity index (χ1) is 11.8. The van der Waals surface area contributed by atoms with E-state index in [0.717, 1.165) is 35.5 Å². The van der Waals surface area contributed by atoms with E-state index in [1.807, 2.05) is 17.6 Å². The fraction of sp³-hybridized carbons (Fsp3) is 0.222. The fourth-order valence-electron chi connectivity index (χ4n) is 2.93. The van der Waals surface area contributed by atoms with E-state index in [-0.39, 0.29) is 5.75 Å². The topological polar surface area (TPSA) is 58.5 Å². The monoisotopic (exact) mass is 339 g/mol. The molecule has 0 unspecified atom stereocenters. The molecular formula is C18H17N3O2S. The largest absolute Gasteiger partial charge is 0.504 e. The highest BCUT2D eigenvalue weighted by atomic mass is 32.1. The van der Waals surface area contributed by atoms with Crippen molar-refractivity contribution in [1.29, 1.82) is 0 Å². The minimum Gasteiger partial charge on any atom is -0.504 e. The van der Waals surface area contributed by atoms with Crippen LogP contribution in [0.1, 0.15) is 11.3 Å². The molecule has 3 heterocycles. The Morgan fingerprint density at radius 3 is 3.04 bits per heavy atom. The maximum Gasteiger partial charge on any atom is 0.165 e. The summed E-state index contributed by atoms with van der Waals surface area (Å²) in [5, 5.41) is 12.5. The molecule has 1 aliphatic heterocycles. The molecule has 1 aromatic carbocycles. The number of hydrogen-bond donors (Lipinski definition) is 1. The number of aromatic nitrogens is 2. The van der Waals surface area contributed by atoms with Gasteiger partial charge in [-0.2, -0.15) is 0 Å². The van der Waals surface area contributed by atoms with E-state index in [4.69, 9.17) is 4.74 Å². The van der Waals surface area contributed by atoms with Gasteiger partial charge < -0.3 is 9.84 Å². The maximum absolute atomic E-state index is 10.4. The van der Waals surface area contributed by atoms with Gasteiger partial charge in [0.25, 0.3) is 0 Å². The molecule has 0 saturated heterocycles. The van der Waals surface area contributed by atoms with E-state index in [1.54, 1.807) is 29.8 Å². The van der Waals surface area contributed by atoms with Crippen molar-refractivity contribution in [3.8, 4) is 22.6 Å². The van der Waals surface area contributed by atoms with Crippen LogP contribution in [0.3, 0.4) is 0 Å². The summed E-state index contributed by atoms with van der Waals surface area (Å²) in [6, 6.07) is 7.69. The van der Waals surface area contributed by atoms with Gasteiger partial charge in [0.2, 0.25) is 0 Å². The van der Waals surface area contributed by atoms with E-state index in [0.29, 0.717) is 18.9 Å². The zero-order valence-corrected chi connectivity index (χ0v) is 13.9. The van der Waals surface area contributed by atoms with Crippen LogP contribution in [0.15, 0.2) is 47.5 Å². The Hall–Kier alpha value is -2.44. The summed E-state index contributed by atoms with van der Waals surface area (Å²) in [6.45, 7) is 2.85. The highest BCUT2D eigenvalue weighted by Crippen LogP contribution is 2.37. The molecule has 1 aliphatic rings. The van der Waals surface area contributed by atoms with Gasteiger partial charge in [0.1, 0.15) is 6.61 Å². The smallest absolute Gasteiger partial charge is 0.165 e. The van der Waals surface area contributed by atoms with Crippen molar-refractivity contribution < 1.29 is 9.84 Å². The number of fused-ring (bicyclic) bond motifs is 1. The third-order valence-electron chi connectivity index (χ3n) is 4.06. The van der Waals surface area contributed by atoms with Crippen molar-refractivity contribution in [2.45, 2.75) is 13.1 Å². The minimum absolute atomic E-state index is 0.182. The van der Waals surface area contributed by atoms with Crippen LogP contribution < -0.4 is 4.74 Å². The second kappa shape index (κ2) is 6.59. The van der Waals surface area contributed by atoms with Crippen LogP contribution in [0.5, 0.6) is 11.5 Å². The maximum atomic E-state index is 10.4. The van der Waals surface area contributed by atoms with E-state index in [9.17, 15) is 5.11 Å². The first-order valence-electron chi connectivity index (χ1n) is 7.78. The quantitative estimate of drug-likeness (QED) is 0.793. The van der Waals surface area contributed by atoms with Gasteiger partial charge in [-0.15, -0.1) is 11.3 Å². The molecule has 6 heteroatoms. The van der Waals surface area contributed by atoms with Crippen molar-refractivity contribution in [3.05, 3.63) is 58.8 Å². The zero-order chi connectivity index (χ0) is 16.4. The van der Waals surface area contributed by atoms with Gasteiger partial charge in [-0.25, -0.2) is 4.98 Å². The predicted molar refractivity (Wildman–Crippen MR) is 93.1 cm³/mol. The van der Waals surface area contributed by atoms with E-state index < -0.39 is 0 Å². The summed E-state index contributed by atoms with van der Waals surface area (Å²) in [5.41, 5.74) is 5.83. The van der Waals surface area contributed by atoms with Gasteiger partial charge in [-0.3, -0.25) is 9.88 Å². The van der Waals surface area contributed by atoms with Gasteiger partial charge in [0.15, 0.2) is 11.5 Å². The molecule has 0 saturated carbocycles. The minimum atomic E-state index is 0.182. The summed E-state index contributed by atoms with van der Waals surface area (Å²) in [5.74, 6) is 0.769. The second-order valence-corrected chi connectivity index (χ2v) is 6.48. The lowest BCUT2D eigenvalue weighted by molar-refractivity contribution is 0.216. The Morgan fingerprint density at radius 1 is 1.29 bits per heavy atom. The summed E-state index contributed by atoms with van der Waals surface area (Å²) >= 11 is 1.61. The molecule has 0 fully saturated rings. The third kappa shape index (κ3) is 3.11. The molecule has 1 N–H and O–H groups in total. The molecule has 5 nitrogen and oxygen atoms in total. The summed E-state index contributed by atoms with van der Waals surface area (Å²) in [7, 11) is 0. The molecule has 24 heavy (non-hydrogen) atoms. The first kappa shape index (κ1) is 15.1. The van der Waals surface area contributed by atoms with Gasteiger partial charge in [0, 0.05) is 48.5 Å². The number of phenolic OH excluding ortho intramolecular Hbond substituents is 1. The summed E-state index contributed by atoms with van der Waals surface area (Å²) in [4.78, 5) is 10.8. The van der Waals surface area contributed by atoms with Gasteiger partial charge in [-0.05, 0) is 23.8 Å². The standard InChI is InChI=1S/C18H17N3O2S/c22-17-7-14(13-2-1-3-19-8-13)6-15-9-21(4-5-23-18(15)17)10-16-11-24-12-20-16/h1-3,6-8,11-12,22H,4-5,9-10H2. The van der Waals surface area contributed by atoms with Crippen molar-refractivity contribution in [2.24, 2.45) is 0 Å².